The third-order valence-corrected chi connectivity index (χ3v) is 8.84. The van der Waals surface area contributed by atoms with Crippen LogP contribution in [0.15, 0.2) is 18.2 Å². The van der Waals surface area contributed by atoms with Crippen LogP contribution in [-0.2, 0) is 6.42 Å². The molecule has 2 aromatic carbocycles. The van der Waals surface area contributed by atoms with Gasteiger partial charge in [-0.1, -0.05) is 45.6 Å². The van der Waals surface area contributed by atoms with Gasteiger partial charge in [-0.05, 0) is 43.0 Å². The number of aliphatic hydroxyl groups excluding tert-OH is 1. The summed E-state index contributed by atoms with van der Waals surface area (Å²) in [4.78, 5) is 0. The van der Waals surface area contributed by atoms with Crippen LogP contribution in [-0.4, -0.2) is 44.1 Å². The molecule has 1 aliphatic rings. The van der Waals surface area contributed by atoms with Gasteiger partial charge in [0.25, 0.3) is 0 Å². The maximum Gasteiger partial charge on any atom is 0.157 e. The molecule has 194 valence electrons. The number of benzene rings is 2. The number of ether oxygens (including phenoxy) is 1. The fraction of sp³-hybridized carbons (Fsp3) is 0.556. The van der Waals surface area contributed by atoms with Gasteiger partial charge < -0.3 is 30.3 Å². The van der Waals surface area contributed by atoms with E-state index in [0.717, 1.165) is 38.5 Å². The molecule has 8 heteroatoms. The predicted octanol–water partition coefficient (Wildman–Crippen LogP) is 6.73. The van der Waals surface area contributed by atoms with Crippen LogP contribution < -0.4 is 4.74 Å². The van der Waals surface area contributed by atoms with E-state index in [0.29, 0.717) is 28.0 Å². The lowest BCUT2D eigenvalue weighted by Gasteiger charge is -2.36. The number of phenolic OH excluding ortho intramolecular Hbond substituents is 4. The van der Waals surface area contributed by atoms with Gasteiger partial charge in [-0.2, -0.15) is 23.5 Å². The highest BCUT2D eigenvalue weighted by Crippen LogP contribution is 2.56. The van der Waals surface area contributed by atoms with Crippen LogP contribution in [0.3, 0.4) is 0 Å². The molecule has 4 atom stereocenters. The third kappa shape index (κ3) is 5.75. The summed E-state index contributed by atoms with van der Waals surface area (Å²) in [5.41, 5.74) is 2.23. The molecule has 0 aromatic heterocycles. The summed E-state index contributed by atoms with van der Waals surface area (Å²) in [5, 5.41) is 53.6. The Labute approximate surface area is 216 Å². The van der Waals surface area contributed by atoms with E-state index in [1.807, 2.05) is 12.5 Å². The molecule has 0 spiro atoms. The van der Waals surface area contributed by atoms with E-state index in [-0.39, 0.29) is 39.9 Å². The molecule has 0 aliphatic carbocycles. The van der Waals surface area contributed by atoms with Crippen LogP contribution in [0.5, 0.6) is 28.7 Å². The molecule has 0 fully saturated rings. The van der Waals surface area contributed by atoms with Crippen molar-refractivity contribution in [2.75, 3.05) is 12.5 Å². The monoisotopic (exact) mass is 522 g/mol. The van der Waals surface area contributed by atoms with Crippen molar-refractivity contribution < 1.29 is 30.3 Å². The Kier molecular flexibility index (Phi) is 9.78. The smallest absolute Gasteiger partial charge is 0.157 e. The first-order valence-electron chi connectivity index (χ1n) is 12.3. The van der Waals surface area contributed by atoms with Gasteiger partial charge in [0.2, 0.25) is 0 Å². The van der Waals surface area contributed by atoms with Gasteiger partial charge in [0.05, 0.1) is 6.10 Å². The van der Waals surface area contributed by atoms with Crippen molar-refractivity contribution in [2.45, 2.75) is 81.5 Å². The third-order valence-electron chi connectivity index (χ3n) is 6.76. The molecule has 3 rings (SSSR count). The zero-order chi connectivity index (χ0) is 25.7. The maximum absolute atomic E-state index is 11.6. The van der Waals surface area contributed by atoms with Crippen LogP contribution in [0.4, 0.5) is 0 Å². The van der Waals surface area contributed by atoms with Crippen molar-refractivity contribution in [3.63, 3.8) is 0 Å². The highest BCUT2D eigenvalue weighted by Gasteiger charge is 2.39. The van der Waals surface area contributed by atoms with Crippen LogP contribution in [0, 0.1) is 0 Å². The average molecular weight is 523 g/mol. The topological polar surface area (TPSA) is 110 Å². The second kappa shape index (κ2) is 12.4. The van der Waals surface area contributed by atoms with E-state index in [4.69, 9.17) is 4.74 Å². The van der Waals surface area contributed by atoms with E-state index in [2.05, 4.69) is 13.8 Å². The molecule has 0 saturated heterocycles. The number of aliphatic hydroxyl groups is 1. The summed E-state index contributed by atoms with van der Waals surface area (Å²) in [6.07, 6.45) is 8.02. The summed E-state index contributed by atoms with van der Waals surface area (Å²) in [6, 6.07) is 4.33. The SMILES string of the molecule is CCCCC(SC)c1c(O)c2c(c(C(CCCC)SC)c1O)O[C@H](c1ccc(O)c(O)c1)[C@@H](O)C2. The van der Waals surface area contributed by atoms with Gasteiger partial charge in [-0.25, -0.2) is 0 Å². The lowest BCUT2D eigenvalue weighted by molar-refractivity contribution is 0.0188. The zero-order valence-corrected chi connectivity index (χ0v) is 22.6. The summed E-state index contributed by atoms with van der Waals surface area (Å²) in [6.45, 7) is 4.25. The number of hydrogen-bond donors (Lipinski definition) is 5. The van der Waals surface area contributed by atoms with Gasteiger partial charge in [0.1, 0.15) is 23.4 Å². The Morgan fingerprint density at radius 3 is 2.03 bits per heavy atom. The fourth-order valence-electron chi connectivity index (χ4n) is 4.79. The van der Waals surface area contributed by atoms with Crippen LogP contribution in [0.25, 0.3) is 0 Å². The molecule has 0 amide bonds. The van der Waals surface area contributed by atoms with Crippen LogP contribution in [0.2, 0.25) is 0 Å². The van der Waals surface area contributed by atoms with Gasteiger partial charge in [0, 0.05) is 33.6 Å². The van der Waals surface area contributed by atoms with Crippen molar-refractivity contribution in [1.29, 1.82) is 0 Å². The second-order valence-electron chi connectivity index (χ2n) is 9.12. The minimum absolute atomic E-state index is 0.00176. The second-order valence-corrected chi connectivity index (χ2v) is 11.2. The summed E-state index contributed by atoms with van der Waals surface area (Å²) in [5.74, 6) is -0.0577. The summed E-state index contributed by atoms with van der Waals surface area (Å²) < 4.78 is 6.35. The van der Waals surface area contributed by atoms with E-state index in [1.54, 1.807) is 29.6 Å². The number of thioether (sulfide) groups is 2. The number of fused-ring (bicyclic) bond motifs is 1. The lowest BCUT2D eigenvalue weighted by Crippen LogP contribution is -2.31. The van der Waals surface area contributed by atoms with Crippen molar-refractivity contribution in [1.82, 2.24) is 0 Å². The van der Waals surface area contributed by atoms with Crippen molar-refractivity contribution in [2.24, 2.45) is 0 Å². The first-order chi connectivity index (χ1) is 16.8. The highest BCUT2D eigenvalue weighted by molar-refractivity contribution is 7.99. The quantitative estimate of drug-likeness (QED) is 0.207. The molecule has 35 heavy (non-hydrogen) atoms. The molecule has 2 aromatic rings. The molecular weight excluding hydrogens is 484 g/mol. The number of unbranched alkanes of at least 4 members (excludes halogenated alkanes) is 2. The Bertz CT molecular complexity index is 1010. The zero-order valence-electron chi connectivity index (χ0n) is 21.0. The lowest BCUT2D eigenvalue weighted by atomic mass is 9.87. The first-order valence-corrected chi connectivity index (χ1v) is 14.9. The standard InChI is InChI=1S/C27H38O6S2/c1-5-7-9-20(34-3)22-24(31)16-14-19(30)26(15-11-12-17(28)18(29)13-15)33-27(16)23(25(22)32)21(35-4)10-8-6-2/h11-13,19-21,26,28-32H,5-10,14H2,1-4H3/t19-,20?,21?,26+/m0/s1. The summed E-state index contributed by atoms with van der Waals surface area (Å²) in [7, 11) is 0. The van der Waals surface area contributed by atoms with E-state index in [9.17, 15) is 25.5 Å². The Morgan fingerprint density at radius 2 is 1.49 bits per heavy atom. The minimum atomic E-state index is -0.977. The van der Waals surface area contributed by atoms with E-state index in [1.165, 1.54) is 12.1 Å². The maximum atomic E-state index is 11.6. The molecule has 1 aliphatic heterocycles. The summed E-state index contributed by atoms with van der Waals surface area (Å²) >= 11 is 3.25. The van der Waals surface area contributed by atoms with Crippen molar-refractivity contribution in [3.8, 4) is 28.7 Å². The van der Waals surface area contributed by atoms with Crippen molar-refractivity contribution >= 4 is 23.5 Å². The van der Waals surface area contributed by atoms with Crippen LogP contribution >= 0.6 is 23.5 Å². The molecule has 5 N–H and O–H groups in total. The number of rotatable bonds is 11. The van der Waals surface area contributed by atoms with E-state index < -0.39 is 12.2 Å². The average Bonchev–Trinajstić information content (AvgIpc) is 2.85. The molecule has 2 unspecified atom stereocenters. The van der Waals surface area contributed by atoms with Crippen molar-refractivity contribution in [3.05, 3.63) is 40.5 Å². The number of phenols is 4. The number of hydrogen-bond acceptors (Lipinski definition) is 8. The molecule has 0 saturated carbocycles. The molecular formula is C27H38O6S2. The van der Waals surface area contributed by atoms with Crippen LogP contribution in [0.1, 0.15) is 91.2 Å². The highest BCUT2D eigenvalue weighted by atomic mass is 32.2. The molecule has 6 nitrogen and oxygen atoms in total. The van der Waals surface area contributed by atoms with Gasteiger partial charge in [0.15, 0.2) is 11.5 Å². The Balaban J connectivity index is 2.19. The number of aromatic hydroxyl groups is 4. The van der Waals surface area contributed by atoms with Gasteiger partial charge >= 0.3 is 0 Å². The molecule has 0 bridgehead atoms. The first kappa shape index (κ1) is 27.7. The Hall–Kier alpha value is -1.90. The predicted molar refractivity (Wildman–Crippen MR) is 144 cm³/mol. The molecule has 1 heterocycles. The minimum Gasteiger partial charge on any atom is -0.507 e. The normalized spacial score (nSPS) is 19.1. The van der Waals surface area contributed by atoms with E-state index >= 15 is 0 Å². The fourth-order valence-corrected chi connectivity index (χ4v) is 6.51. The Morgan fingerprint density at radius 1 is 0.886 bits per heavy atom. The van der Waals surface area contributed by atoms with Gasteiger partial charge in [-0.3, -0.25) is 0 Å². The molecule has 0 radical (unpaired) electrons. The van der Waals surface area contributed by atoms with Gasteiger partial charge in [-0.15, -0.1) is 0 Å². The largest absolute Gasteiger partial charge is 0.507 e.